The van der Waals surface area contributed by atoms with E-state index >= 15 is 0 Å². The largest absolute Gasteiger partial charge is 0.303 e. The lowest BCUT2D eigenvalue weighted by atomic mass is 10.4. The van der Waals surface area contributed by atoms with E-state index in [4.69, 9.17) is 0 Å². The number of aldehydes is 1. The Morgan fingerprint density at radius 2 is 2.10 bits per heavy atom. The van der Waals surface area contributed by atoms with Crippen LogP contribution in [0.2, 0.25) is 0 Å². The molecule has 0 aromatic heterocycles. The summed E-state index contributed by atoms with van der Waals surface area (Å²) in [5, 5.41) is 0. The van der Waals surface area contributed by atoms with E-state index in [1.54, 1.807) is 0 Å². The van der Waals surface area contributed by atoms with E-state index in [0.717, 1.165) is 12.5 Å². The molecular weight excluding hydrogens is 156 g/mol. The third-order valence-electron chi connectivity index (χ3n) is 0.764. The highest BCUT2D eigenvalue weighted by Crippen LogP contribution is 1.91. The van der Waals surface area contributed by atoms with Gasteiger partial charge in [-0.1, -0.05) is 0 Å². The molecular formula is C5H10O4S. The molecule has 5 heteroatoms. The molecule has 0 rings (SSSR count). The van der Waals surface area contributed by atoms with Gasteiger partial charge in [-0.2, -0.15) is 8.42 Å². The molecule has 60 valence electrons. The fraction of sp³-hybridized carbons (Fsp3) is 0.800. The summed E-state index contributed by atoms with van der Waals surface area (Å²) in [6.45, 7) is 0.0948. The quantitative estimate of drug-likeness (QED) is 0.326. The summed E-state index contributed by atoms with van der Waals surface area (Å²) in [7, 11) is -3.32. The first-order chi connectivity index (χ1) is 4.56. The van der Waals surface area contributed by atoms with Crippen molar-refractivity contribution in [2.75, 3.05) is 12.9 Å². The molecule has 0 aliphatic heterocycles. The molecule has 0 aliphatic carbocycles. The third-order valence-corrected chi connectivity index (χ3v) is 1.36. The smallest absolute Gasteiger partial charge is 0.264 e. The zero-order chi connectivity index (χ0) is 8.04. The highest BCUT2D eigenvalue weighted by atomic mass is 32.2. The van der Waals surface area contributed by atoms with E-state index in [2.05, 4.69) is 4.18 Å². The van der Waals surface area contributed by atoms with Gasteiger partial charge in [-0.3, -0.25) is 4.18 Å². The van der Waals surface area contributed by atoms with Crippen LogP contribution in [0.15, 0.2) is 0 Å². The van der Waals surface area contributed by atoms with Crippen molar-refractivity contribution >= 4 is 16.4 Å². The standard InChI is InChI=1S/C5H10O4S/c1-10(7,8)9-5-3-2-4-6/h4H,2-3,5H2,1H3. The summed E-state index contributed by atoms with van der Waals surface area (Å²) in [5.74, 6) is 0. The lowest BCUT2D eigenvalue weighted by molar-refractivity contribution is -0.108. The Balaban J connectivity index is 3.29. The van der Waals surface area contributed by atoms with E-state index in [0.29, 0.717) is 12.8 Å². The molecule has 0 aromatic carbocycles. The van der Waals surface area contributed by atoms with Gasteiger partial charge in [-0.25, -0.2) is 0 Å². The number of carbonyl (C=O) groups excluding carboxylic acids is 1. The van der Waals surface area contributed by atoms with Crippen molar-refractivity contribution in [2.45, 2.75) is 12.8 Å². The average molecular weight is 166 g/mol. The average Bonchev–Trinajstić information content (AvgIpc) is 1.78. The Hall–Kier alpha value is -0.420. The van der Waals surface area contributed by atoms with Crippen molar-refractivity contribution in [1.82, 2.24) is 0 Å². The number of unbranched alkanes of at least 4 members (excludes halogenated alkanes) is 1. The van der Waals surface area contributed by atoms with Crippen LogP contribution in [0.25, 0.3) is 0 Å². The molecule has 0 amide bonds. The van der Waals surface area contributed by atoms with E-state index < -0.39 is 10.1 Å². The number of carbonyl (C=O) groups is 1. The van der Waals surface area contributed by atoms with Crippen LogP contribution in [0, 0.1) is 0 Å². The van der Waals surface area contributed by atoms with Crippen LogP contribution < -0.4 is 0 Å². The highest BCUT2D eigenvalue weighted by Gasteiger charge is 1.98. The summed E-state index contributed by atoms with van der Waals surface area (Å²) in [6, 6.07) is 0. The van der Waals surface area contributed by atoms with Gasteiger partial charge < -0.3 is 4.79 Å². The SMILES string of the molecule is CS(=O)(=O)OCCCC=O. The Kier molecular flexibility index (Phi) is 4.22. The van der Waals surface area contributed by atoms with Gasteiger partial charge in [0, 0.05) is 6.42 Å². The van der Waals surface area contributed by atoms with Crippen molar-refractivity contribution in [3.8, 4) is 0 Å². The Labute approximate surface area is 60.3 Å². The predicted octanol–water partition coefficient (Wildman–Crippen LogP) is -0.0583. The second-order valence-corrected chi connectivity index (χ2v) is 3.48. The van der Waals surface area contributed by atoms with E-state index in [9.17, 15) is 13.2 Å². The molecule has 4 nitrogen and oxygen atoms in total. The minimum absolute atomic E-state index is 0.0948. The first-order valence-electron chi connectivity index (χ1n) is 2.84. The maximum absolute atomic E-state index is 10.3. The molecule has 0 saturated heterocycles. The number of rotatable bonds is 5. The van der Waals surface area contributed by atoms with Crippen molar-refractivity contribution < 1.29 is 17.4 Å². The summed E-state index contributed by atoms with van der Waals surface area (Å²) < 4.78 is 24.9. The molecule has 0 N–H and O–H groups in total. The second-order valence-electron chi connectivity index (χ2n) is 1.83. The summed E-state index contributed by atoms with van der Waals surface area (Å²) in [6.07, 6.45) is 2.51. The first kappa shape index (κ1) is 9.58. The maximum atomic E-state index is 10.3. The molecule has 0 atom stereocenters. The highest BCUT2D eigenvalue weighted by molar-refractivity contribution is 7.85. The lowest BCUT2D eigenvalue weighted by Crippen LogP contribution is -2.03. The fourth-order valence-corrected chi connectivity index (χ4v) is 0.798. The van der Waals surface area contributed by atoms with Crippen molar-refractivity contribution in [3.63, 3.8) is 0 Å². The topological polar surface area (TPSA) is 60.4 Å². The molecule has 0 aliphatic rings. The van der Waals surface area contributed by atoms with Gasteiger partial charge in [0.05, 0.1) is 12.9 Å². The van der Waals surface area contributed by atoms with Crippen LogP contribution in [-0.4, -0.2) is 27.6 Å². The fourth-order valence-electron chi connectivity index (χ4n) is 0.377. The zero-order valence-electron chi connectivity index (χ0n) is 5.74. The van der Waals surface area contributed by atoms with Gasteiger partial charge >= 0.3 is 0 Å². The Morgan fingerprint density at radius 1 is 1.50 bits per heavy atom. The van der Waals surface area contributed by atoms with Crippen molar-refractivity contribution in [1.29, 1.82) is 0 Å². The van der Waals surface area contributed by atoms with Crippen LogP contribution in [-0.2, 0) is 19.1 Å². The molecule has 0 heterocycles. The maximum Gasteiger partial charge on any atom is 0.264 e. The van der Waals surface area contributed by atoms with E-state index in [1.807, 2.05) is 0 Å². The molecule has 10 heavy (non-hydrogen) atoms. The third kappa shape index (κ3) is 7.58. The molecule has 0 radical (unpaired) electrons. The minimum atomic E-state index is -3.32. The summed E-state index contributed by atoms with van der Waals surface area (Å²) in [4.78, 5) is 9.72. The van der Waals surface area contributed by atoms with Crippen LogP contribution in [0.4, 0.5) is 0 Å². The monoisotopic (exact) mass is 166 g/mol. The van der Waals surface area contributed by atoms with Gasteiger partial charge in [-0.05, 0) is 6.42 Å². The molecule has 0 saturated carbocycles. The van der Waals surface area contributed by atoms with Crippen molar-refractivity contribution in [3.05, 3.63) is 0 Å². The van der Waals surface area contributed by atoms with Crippen molar-refractivity contribution in [2.24, 2.45) is 0 Å². The summed E-state index contributed by atoms with van der Waals surface area (Å²) in [5.41, 5.74) is 0. The van der Waals surface area contributed by atoms with Crippen LogP contribution in [0.1, 0.15) is 12.8 Å². The van der Waals surface area contributed by atoms with E-state index in [1.165, 1.54) is 0 Å². The minimum Gasteiger partial charge on any atom is -0.303 e. The lowest BCUT2D eigenvalue weighted by Gasteiger charge is -1.96. The van der Waals surface area contributed by atoms with Crippen LogP contribution >= 0.6 is 0 Å². The zero-order valence-corrected chi connectivity index (χ0v) is 6.56. The number of hydrogen-bond donors (Lipinski definition) is 0. The molecule has 0 spiro atoms. The molecule has 0 fully saturated rings. The van der Waals surface area contributed by atoms with Crippen LogP contribution in [0.3, 0.4) is 0 Å². The van der Waals surface area contributed by atoms with E-state index in [-0.39, 0.29) is 6.61 Å². The molecule has 0 bridgehead atoms. The van der Waals surface area contributed by atoms with Gasteiger partial charge in [0.1, 0.15) is 6.29 Å². The molecule has 0 aromatic rings. The predicted molar refractivity (Wildman–Crippen MR) is 36.1 cm³/mol. The number of hydrogen-bond acceptors (Lipinski definition) is 4. The normalized spacial score (nSPS) is 11.3. The van der Waals surface area contributed by atoms with Crippen LogP contribution in [0.5, 0.6) is 0 Å². The van der Waals surface area contributed by atoms with Gasteiger partial charge in [0.15, 0.2) is 0 Å². The first-order valence-corrected chi connectivity index (χ1v) is 4.66. The van der Waals surface area contributed by atoms with Gasteiger partial charge in [0.25, 0.3) is 10.1 Å². The second kappa shape index (κ2) is 4.40. The Bertz CT molecular complexity index is 182. The van der Waals surface area contributed by atoms with Gasteiger partial charge in [0.2, 0.25) is 0 Å². The molecule has 0 unspecified atom stereocenters. The summed E-state index contributed by atoms with van der Waals surface area (Å²) >= 11 is 0. The van der Waals surface area contributed by atoms with Gasteiger partial charge in [-0.15, -0.1) is 0 Å². The Morgan fingerprint density at radius 3 is 2.50 bits per heavy atom.